The van der Waals surface area contributed by atoms with E-state index in [1.165, 1.54) is 0 Å². The minimum Gasteiger partial charge on any atom is -0.388 e. The Morgan fingerprint density at radius 3 is 2.41 bits per heavy atom. The molecule has 4 nitrogen and oxygen atoms in total. The summed E-state index contributed by atoms with van der Waals surface area (Å²) in [5, 5.41) is 15.0. The second-order valence-electron chi connectivity index (χ2n) is 3.16. The van der Waals surface area contributed by atoms with E-state index in [0.29, 0.717) is 0 Å². The molecule has 17 heavy (non-hydrogen) atoms. The summed E-state index contributed by atoms with van der Waals surface area (Å²) in [6.07, 6.45) is 0. The van der Waals surface area contributed by atoms with Crippen molar-refractivity contribution >= 4 is 12.2 Å². The van der Waals surface area contributed by atoms with Crippen molar-refractivity contribution in [2.45, 2.75) is 6.61 Å². The number of nitrogens with one attached hydrogen (secondary N) is 1. The maximum atomic E-state index is 13.0. The standard InChI is InChI=1S/C9H6F3N3OS/c10-5-1-4(2-6(11)8(5)12)15-7(3-16)13-14-9(15)17/h1-2,16H,3H2,(H,14,17). The van der Waals surface area contributed by atoms with Crippen LogP contribution in [0, 0.1) is 22.2 Å². The van der Waals surface area contributed by atoms with Gasteiger partial charge in [-0.05, 0) is 12.2 Å². The van der Waals surface area contributed by atoms with Crippen molar-refractivity contribution in [3.8, 4) is 5.69 Å². The van der Waals surface area contributed by atoms with E-state index in [4.69, 9.17) is 17.3 Å². The molecule has 2 aromatic rings. The minimum atomic E-state index is -1.56. The minimum absolute atomic E-state index is 0.0412. The number of benzene rings is 1. The molecule has 0 fully saturated rings. The third-order valence-corrected chi connectivity index (χ3v) is 2.38. The Kier molecular flexibility index (Phi) is 2.99. The van der Waals surface area contributed by atoms with E-state index >= 15 is 0 Å². The Hall–Kier alpha value is -1.67. The van der Waals surface area contributed by atoms with Crippen molar-refractivity contribution in [2.24, 2.45) is 0 Å². The van der Waals surface area contributed by atoms with Crippen molar-refractivity contribution in [3.63, 3.8) is 0 Å². The fourth-order valence-electron chi connectivity index (χ4n) is 1.37. The van der Waals surface area contributed by atoms with Gasteiger partial charge in [-0.15, -0.1) is 0 Å². The zero-order chi connectivity index (χ0) is 12.6. The summed E-state index contributed by atoms with van der Waals surface area (Å²) in [7, 11) is 0. The molecule has 0 aliphatic heterocycles. The van der Waals surface area contributed by atoms with Gasteiger partial charge in [-0.3, -0.25) is 9.67 Å². The zero-order valence-electron chi connectivity index (χ0n) is 8.25. The lowest BCUT2D eigenvalue weighted by molar-refractivity contribution is 0.268. The smallest absolute Gasteiger partial charge is 0.199 e. The maximum Gasteiger partial charge on any atom is 0.199 e. The highest BCUT2D eigenvalue weighted by molar-refractivity contribution is 7.71. The van der Waals surface area contributed by atoms with Crippen LogP contribution in [0.25, 0.3) is 5.69 Å². The van der Waals surface area contributed by atoms with Gasteiger partial charge in [0, 0.05) is 12.1 Å². The number of halogens is 3. The van der Waals surface area contributed by atoms with E-state index in [1.54, 1.807) is 0 Å². The summed E-state index contributed by atoms with van der Waals surface area (Å²) < 4.78 is 40.0. The van der Waals surface area contributed by atoms with E-state index in [-0.39, 0.29) is 16.3 Å². The zero-order valence-corrected chi connectivity index (χ0v) is 9.06. The fourth-order valence-corrected chi connectivity index (χ4v) is 1.63. The lowest BCUT2D eigenvalue weighted by Crippen LogP contribution is -2.04. The quantitative estimate of drug-likeness (QED) is 0.640. The summed E-state index contributed by atoms with van der Waals surface area (Å²) in [6.45, 7) is -0.478. The number of rotatable bonds is 2. The first kappa shape index (κ1) is 11.8. The first-order valence-electron chi connectivity index (χ1n) is 4.46. The van der Waals surface area contributed by atoms with Gasteiger partial charge in [0.15, 0.2) is 28.0 Å². The summed E-state index contributed by atoms with van der Waals surface area (Å²) in [6, 6.07) is 1.53. The van der Waals surface area contributed by atoms with E-state index in [1.807, 2.05) is 0 Å². The maximum absolute atomic E-state index is 13.0. The molecule has 1 heterocycles. The Morgan fingerprint density at radius 2 is 1.88 bits per heavy atom. The van der Waals surface area contributed by atoms with Crippen LogP contribution >= 0.6 is 12.2 Å². The highest BCUT2D eigenvalue weighted by Gasteiger charge is 2.14. The highest BCUT2D eigenvalue weighted by Crippen LogP contribution is 2.18. The monoisotopic (exact) mass is 261 g/mol. The Morgan fingerprint density at radius 1 is 1.29 bits per heavy atom. The van der Waals surface area contributed by atoms with Crippen molar-refractivity contribution in [2.75, 3.05) is 0 Å². The molecule has 0 spiro atoms. The van der Waals surface area contributed by atoms with Crippen LogP contribution in [-0.4, -0.2) is 19.9 Å². The molecule has 0 aliphatic rings. The molecular weight excluding hydrogens is 255 g/mol. The molecule has 2 N–H and O–H groups in total. The van der Waals surface area contributed by atoms with Gasteiger partial charge in [-0.2, -0.15) is 5.10 Å². The molecule has 0 saturated heterocycles. The first-order valence-corrected chi connectivity index (χ1v) is 4.87. The normalized spacial score (nSPS) is 10.8. The molecule has 90 valence electrons. The van der Waals surface area contributed by atoms with Crippen LogP contribution in [0.3, 0.4) is 0 Å². The Bertz CT molecular complexity index is 599. The van der Waals surface area contributed by atoms with E-state index in [0.717, 1.165) is 16.7 Å². The van der Waals surface area contributed by atoms with Crippen LogP contribution in [0.2, 0.25) is 0 Å². The van der Waals surface area contributed by atoms with Gasteiger partial charge in [-0.1, -0.05) is 0 Å². The van der Waals surface area contributed by atoms with Crippen LogP contribution < -0.4 is 0 Å². The largest absolute Gasteiger partial charge is 0.388 e. The Balaban J connectivity index is 2.69. The SMILES string of the molecule is OCc1n[nH]c(=S)n1-c1cc(F)c(F)c(F)c1. The van der Waals surface area contributed by atoms with E-state index in [9.17, 15) is 13.2 Å². The summed E-state index contributed by atoms with van der Waals surface area (Å²) in [5.74, 6) is -4.17. The third-order valence-electron chi connectivity index (χ3n) is 2.11. The highest BCUT2D eigenvalue weighted by atomic mass is 32.1. The van der Waals surface area contributed by atoms with E-state index < -0.39 is 24.1 Å². The second-order valence-corrected chi connectivity index (χ2v) is 3.55. The van der Waals surface area contributed by atoms with Gasteiger partial charge < -0.3 is 5.11 Å². The molecule has 8 heteroatoms. The van der Waals surface area contributed by atoms with Crippen molar-refractivity contribution in [3.05, 3.63) is 40.2 Å². The van der Waals surface area contributed by atoms with E-state index in [2.05, 4.69) is 10.2 Å². The summed E-state index contributed by atoms with van der Waals surface area (Å²) >= 11 is 4.84. The number of aliphatic hydroxyl groups is 1. The number of hydrogen-bond acceptors (Lipinski definition) is 3. The van der Waals surface area contributed by atoms with Crippen molar-refractivity contribution in [1.82, 2.24) is 14.8 Å². The summed E-state index contributed by atoms with van der Waals surface area (Å²) in [5.41, 5.74) is -0.0517. The third kappa shape index (κ3) is 1.96. The molecule has 0 atom stereocenters. The molecule has 0 bridgehead atoms. The van der Waals surface area contributed by atoms with Crippen LogP contribution in [0.5, 0.6) is 0 Å². The van der Waals surface area contributed by atoms with Crippen LogP contribution in [0.1, 0.15) is 5.82 Å². The molecule has 1 aromatic carbocycles. The number of nitrogens with zero attached hydrogens (tertiary/aromatic N) is 2. The number of aliphatic hydroxyl groups excluding tert-OH is 1. The van der Waals surface area contributed by atoms with Gasteiger partial charge in [0.2, 0.25) is 0 Å². The average Bonchev–Trinajstić information content (AvgIpc) is 2.66. The molecule has 0 radical (unpaired) electrons. The molecule has 1 aromatic heterocycles. The number of aromatic amines is 1. The van der Waals surface area contributed by atoms with Gasteiger partial charge in [0.25, 0.3) is 0 Å². The van der Waals surface area contributed by atoms with Crippen molar-refractivity contribution < 1.29 is 18.3 Å². The van der Waals surface area contributed by atoms with Gasteiger partial charge >= 0.3 is 0 Å². The average molecular weight is 261 g/mol. The number of aromatic nitrogens is 3. The predicted molar refractivity (Wildman–Crippen MR) is 54.5 cm³/mol. The molecule has 0 saturated carbocycles. The molecular formula is C9H6F3N3OS. The number of hydrogen-bond donors (Lipinski definition) is 2. The van der Waals surface area contributed by atoms with Crippen LogP contribution in [0.4, 0.5) is 13.2 Å². The molecule has 2 rings (SSSR count). The van der Waals surface area contributed by atoms with Gasteiger partial charge in [0.1, 0.15) is 6.61 Å². The van der Waals surface area contributed by atoms with Gasteiger partial charge in [0.05, 0.1) is 5.69 Å². The topological polar surface area (TPSA) is 53.8 Å². The Labute approximate surface area is 98.3 Å². The molecule has 0 aliphatic carbocycles. The van der Waals surface area contributed by atoms with Gasteiger partial charge in [-0.25, -0.2) is 13.2 Å². The summed E-state index contributed by atoms with van der Waals surface area (Å²) in [4.78, 5) is 0. The second kappa shape index (κ2) is 4.30. The molecule has 0 unspecified atom stereocenters. The van der Waals surface area contributed by atoms with Crippen molar-refractivity contribution in [1.29, 1.82) is 0 Å². The first-order chi connectivity index (χ1) is 8.04. The molecule has 0 amide bonds. The lowest BCUT2D eigenvalue weighted by atomic mass is 10.3. The fraction of sp³-hybridized carbons (Fsp3) is 0.111. The van der Waals surface area contributed by atoms with Crippen LogP contribution in [-0.2, 0) is 6.61 Å². The predicted octanol–water partition coefficient (Wildman–Crippen LogP) is 1.84. The lowest BCUT2D eigenvalue weighted by Gasteiger charge is -2.06. The number of H-pyrrole nitrogens is 1. The van der Waals surface area contributed by atoms with Crippen LogP contribution in [0.15, 0.2) is 12.1 Å².